The highest BCUT2D eigenvalue weighted by Crippen LogP contribution is 2.74. The van der Waals surface area contributed by atoms with E-state index < -0.39 is 11.1 Å². The van der Waals surface area contributed by atoms with Gasteiger partial charge in [0, 0.05) is 25.9 Å². The van der Waals surface area contributed by atoms with Gasteiger partial charge in [0.15, 0.2) is 0 Å². The molecular weight excluding hydrogens is 378 g/mol. The second kappa shape index (κ2) is 5.58. The van der Waals surface area contributed by atoms with Crippen molar-refractivity contribution in [1.29, 1.82) is 10.5 Å². The highest BCUT2D eigenvalue weighted by atomic mass is 16.3. The molecule has 1 fully saturated rings. The zero-order chi connectivity index (χ0) is 21.5. The second-order valence-corrected chi connectivity index (χ2v) is 9.10. The fourth-order valence-electron chi connectivity index (χ4n) is 6.04. The zero-order valence-electron chi connectivity index (χ0n) is 17.7. The number of nitriles is 2. The molecule has 1 saturated carbocycles. The first-order chi connectivity index (χ1) is 14.3. The first-order valence-corrected chi connectivity index (χ1v) is 9.96. The van der Waals surface area contributed by atoms with E-state index in [4.69, 9.17) is 13.9 Å². The number of fused-ring (bicyclic) bond motifs is 3. The van der Waals surface area contributed by atoms with Gasteiger partial charge in [-0.2, -0.15) is 15.6 Å². The van der Waals surface area contributed by atoms with Gasteiger partial charge in [0.1, 0.15) is 34.9 Å². The van der Waals surface area contributed by atoms with Crippen LogP contribution in [0.4, 0.5) is 0 Å². The molecule has 1 aliphatic carbocycles. The summed E-state index contributed by atoms with van der Waals surface area (Å²) in [7, 11) is 3.73. The highest BCUT2D eigenvalue weighted by Gasteiger charge is 2.80. The molecule has 7 heteroatoms. The molecule has 5 rings (SSSR count). The van der Waals surface area contributed by atoms with Crippen molar-refractivity contribution >= 4 is 5.71 Å². The fourth-order valence-corrected chi connectivity index (χ4v) is 6.04. The second-order valence-electron chi connectivity index (χ2n) is 9.10. The number of rotatable bonds is 3. The molecule has 0 spiro atoms. The number of nitrogens with zero attached hydrogens (tertiary/aromatic N) is 5. The van der Waals surface area contributed by atoms with Crippen molar-refractivity contribution in [3.63, 3.8) is 0 Å². The summed E-state index contributed by atoms with van der Waals surface area (Å²) < 4.78 is 11.7. The average Bonchev–Trinajstić information content (AvgIpc) is 3.26. The predicted octanol–water partition coefficient (Wildman–Crippen LogP) is 3.70. The normalized spacial score (nSPS) is 30.1. The Balaban J connectivity index is 1.90. The third-order valence-corrected chi connectivity index (χ3v) is 7.14. The fraction of sp³-hybridized carbons (Fsp3) is 0.435. The van der Waals surface area contributed by atoms with E-state index in [1.54, 1.807) is 17.5 Å². The Labute approximate surface area is 175 Å². The molecular formula is C23H23N5O2. The van der Waals surface area contributed by atoms with Crippen molar-refractivity contribution in [2.45, 2.75) is 31.8 Å². The number of hydrogen-bond acceptors (Lipinski definition) is 7. The minimum absolute atomic E-state index is 0.0623. The Bertz CT molecular complexity index is 1140. The van der Waals surface area contributed by atoms with E-state index in [0.717, 1.165) is 11.3 Å². The number of likely N-dealkylation sites (N-methyl/N-ethyl adjacent to an activating group) is 1. The molecule has 0 saturated heterocycles. The summed E-state index contributed by atoms with van der Waals surface area (Å²) in [6.07, 6.45) is 3.26. The predicted molar refractivity (Wildman–Crippen MR) is 109 cm³/mol. The van der Waals surface area contributed by atoms with Crippen LogP contribution in [-0.4, -0.2) is 35.3 Å². The van der Waals surface area contributed by atoms with Gasteiger partial charge in [-0.25, -0.2) is 5.01 Å². The van der Waals surface area contributed by atoms with E-state index in [1.165, 1.54) is 0 Å². The van der Waals surface area contributed by atoms with E-state index in [0.29, 0.717) is 17.2 Å². The van der Waals surface area contributed by atoms with Crippen molar-refractivity contribution in [3.05, 3.63) is 59.6 Å². The van der Waals surface area contributed by atoms with Crippen molar-refractivity contribution < 1.29 is 8.83 Å². The lowest BCUT2D eigenvalue weighted by atomic mass is 9.79. The Morgan fingerprint density at radius 1 is 1.10 bits per heavy atom. The van der Waals surface area contributed by atoms with Crippen LogP contribution in [0.3, 0.4) is 0 Å². The van der Waals surface area contributed by atoms with Crippen LogP contribution in [0, 0.1) is 39.9 Å². The van der Waals surface area contributed by atoms with Crippen molar-refractivity contribution in [1.82, 2.24) is 9.91 Å². The molecule has 4 heterocycles. The molecule has 0 amide bonds. The summed E-state index contributed by atoms with van der Waals surface area (Å²) in [4.78, 5) is 1.86. The maximum Gasteiger partial charge on any atom is 0.270 e. The Morgan fingerprint density at radius 2 is 1.77 bits per heavy atom. The lowest BCUT2D eigenvalue weighted by Crippen LogP contribution is -2.55. The van der Waals surface area contributed by atoms with E-state index in [1.807, 2.05) is 50.2 Å². The minimum atomic E-state index is -1.58. The first-order valence-electron chi connectivity index (χ1n) is 9.96. The van der Waals surface area contributed by atoms with Gasteiger partial charge in [0.05, 0.1) is 18.2 Å². The van der Waals surface area contributed by atoms with E-state index in [9.17, 15) is 10.5 Å². The molecule has 3 aliphatic rings. The summed E-state index contributed by atoms with van der Waals surface area (Å²) >= 11 is 0. The Hall–Kier alpha value is -3.45. The molecule has 152 valence electrons. The lowest BCUT2D eigenvalue weighted by Gasteiger charge is -2.43. The SMILES string of the molecule is CC1=C(N(C)C)C(C#N)(C#N)N2N=C(c3ccco3)[C@@H]3[C@@H](C3(C)C)[C@]12c1ccco1. The first kappa shape index (κ1) is 18.6. The van der Waals surface area contributed by atoms with Gasteiger partial charge in [-0.1, -0.05) is 13.8 Å². The van der Waals surface area contributed by atoms with Gasteiger partial charge in [-0.3, -0.25) is 0 Å². The van der Waals surface area contributed by atoms with Crippen molar-refractivity contribution in [2.24, 2.45) is 22.4 Å². The van der Waals surface area contributed by atoms with Gasteiger partial charge in [0.25, 0.3) is 5.54 Å². The van der Waals surface area contributed by atoms with Crippen molar-refractivity contribution in [2.75, 3.05) is 14.1 Å². The molecule has 30 heavy (non-hydrogen) atoms. The molecule has 2 aromatic heterocycles. The largest absolute Gasteiger partial charge is 0.466 e. The minimum Gasteiger partial charge on any atom is -0.466 e. The third kappa shape index (κ3) is 1.82. The van der Waals surface area contributed by atoms with Crippen LogP contribution in [0.2, 0.25) is 0 Å². The van der Waals surface area contributed by atoms with Crippen molar-refractivity contribution in [3.8, 4) is 12.1 Å². The van der Waals surface area contributed by atoms with Gasteiger partial charge in [0.2, 0.25) is 0 Å². The van der Waals surface area contributed by atoms with E-state index in [2.05, 4.69) is 26.0 Å². The van der Waals surface area contributed by atoms with Crippen LogP contribution in [0.25, 0.3) is 0 Å². The number of furan rings is 2. The Morgan fingerprint density at radius 3 is 2.30 bits per heavy atom. The maximum atomic E-state index is 10.4. The Kier molecular flexibility index (Phi) is 3.45. The lowest BCUT2D eigenvalue weighted by molar-refractivity contribution is 0.0433. The standard InChI is InChI=1S/C23H23N5O2/c1-14-20(27(4)5)22(12-24,13-25)28-23(14,16-9-7-11-30-16)19-17(21(19,2)3)18(26-28)15-8-6-10-29-15/h6-11,17,19H,1-5H3/t17-,19+,23-/m1/s1. The monoisotopic (exact) mass is 401 g/mol. The van der Waals surface area contributed by atoms with Crippen LogP contribution in [0.1, 0.15) is 32.3 Å². The molecule has 7 nitrogen and oxygen atoms in total. The van der Waals surface area contributed by atoms with Crippen LogP contribution < -0.4 is 0 Å². The average molecular weight is 401 g/mol. The van der Waals surface area contributed by atoms with Gasteiger partial charge >= 0.3 is 0 Å². The quantitative estimate of drug-likeness (QED) is 0.779. The summed E-state index contributed by atoms with van der Waals surface area (Å²) in [5, 5.41) is 27.4. The smallest absolute Gasteiger partial charge is 0.270 e. The molecule has 0 bridgehead atoms. The van der Waals surface area contributed by atoms with E-state index >= 15 is 0 Å². The third-order valence-electron chi connectivity index (χ3n) is 7.14. The summed E-state index contributed by atoms with van der Waals surface area (Å²) in [6.45, 7) is 6.41. The molecule has 2 aliphatic heterocycles. The zero-order valence-corrected chi connectivity index (χ0v) is 17.7. The van der Waals surface area contributed by atoms with E-state index in [-0.39, 0.29) is 17.3 Å². The molecule has 0 unspecified atom stereocenters. The van der Waals surface area contributed by atoms with Crippen LogP contribution >= 0.6 is 0 Å². The number of hydrazone groups is 1. The highest BCUT2D eigenvalue weighted by molar-refractivity contribution is 6.03. The van der Waals surface area contributed by atoms with Crippen LogP contribution in [-0.2, 0) is 5.54 Å². The number of hydrogen-bond donors (Lipinski definition) is 0. The van der Waals surface area contributed by atoms with Crippen LogP contribution in [0.5, 0.6) is 0 Å². The van der Waals surface area contributed by atoms with Crippen LogP contribution in [0.15, 0.2) is 62.0 Å². The molecule has 3 atom stereocenters. The van der Waals surface area contributed by atoms with Gasteiger partial charge in [-0.15, -0.1) is 0 Å². The summed E-state index contributed by atoms with van der Waals surface area (Å²) in [5.41, 5.74) is -0.184. The molecule has 2 aromatic rings. The topological polar surface area (TPSA) is 92.7 Å². The maximum absolute atomic E-state index is 10.4. The van der Waals surface area contributed by atoms with Gasteiger partial charge in [-0.05, 0) is 42.2 Å². The molecule has 0 N–H and O–H groups in total. The summed E-state index contributed by atoms with van der Waals surface area (Å²) in [5.74, 6) is 1.54. The molecule has 0 aromatic carbocycles. The van der Waals surface area contributed by atoms with Gasteiger partial charge < -0.3 is 13.7 Å². The summed E-state index contributed by atoms with van der Waals surface area (Å²) in [6, 6.07) is 12.1. The molecule has 0 radical (unpaired) electrons.